The number of primary amides is 1. The van der Waals surface area contributed by atoms with E-state index < -0.39 is 5.91 Å². The monoisotopic (exact) mass is 344 g/mol. The number of imidazole rings is 1. The number of nitrogen functional groups attached to an aromatic ring is 1. The van der Waals surface area contributed by atoms with Gasteiger partial charge in [-0.2, -0.15) is 0 Å². The molecule has 7 nitrogen and oxygen atoms in total. The first kappa shape index (κ1) is 15.6. The minimum atomic E-state index is -0.453. The van der Waals surface area contributed by atoms with Crippen molar-refractivity contribution in [1.29, 1.82) is 0 Å². The first-order chi connectivity index (χ1) is 12.6. The van der Waals surface area contributed by atoms with Crippen LogP contribution in [0, 0.1) is 0 Å². The molecular weight excluding hydrogens is 328 g/mol. The van der Waals surface area contributed by atoms with Gasteiger partial charge in [-0.15, -0.1) is 0 Å². The minimum Gasteiger partial charge on any atom is -0.399 e. The molecular formula is C19H16N6O. The van der Waals surface area contributed by atoms with E-state index in [4.69, 9.17) is 11.5 Å². The molecule has 2 heterocycles. The number of aromatic nitrogens is 3. The Kier molecular flexibility index (Phi) is 3.74. The molecule has 26 heavy (non-hydrogen) atoms. The van der Waals surface area contributed by atoms with Crippen molar-refractivity contribution in [2.24, 2.45) is 5.73 Å². The summed E-state index contributed by atoms with van der Waals surface area (Å²) in [5, 5.41) is 3.25. The summed E-state index contributed by atoms with van der Waals surface area (Å²) in [7, 11) is 0. The minimum absolute atomic E-state index is 0.453. The van der Waals surface area contributed by atoms with Crippen molar-refractivity contribution in [1.82, 2.24) is 14.4 Å². The zero-order valence-corrected chi connectivity index (χ0v) is 13.8. The van der Waals surface area contributed by atoms with Gasteiger partial charge in [0.25, 0.3) is 0 Å². The van der Waals surface area contributed by atoms with Crippen molar-refractivity contribution in [3.63, 3.8) is 0 Å². The molecule has 0 aliphatic heterocycles. The van der Waals surface area contributed by atoms with Crippen molar-refractivity contribution >= 4 is 28.7 Å². The number of hydrogen-bond acceptors (Lipinski definition) is 5. The maximum Gasteiger partial charge on any atom is 0.248 e. The van der Waals surface area contributed by atoms with Crippen molar-refractivity contribution in [3.05, 3.63) is 72.7 Å². The average Bonchev–Trinajstić information content (AvgIpc) is 3.14. The van der Waals surface area contributed by atoms with E-state index in [2.05, 4.69) is 15.3 Å². The number of anilines is 3. The largest absolute Gasteiger partial charge is 0.399 e. The van der Waals surface area contributed by atoms with Crippen molar-refractivity contribution in [2.45, 2.75) is 0 Å². The Labute approximate surface area is 149 Å². The molecule has 0 bridgehead atoms. The maximum atomic E-state index is 11.2. The lowest BCUT2D eigenvalue weighted by molar-refractivity contribution is 0.100. The van der Waals surface area contributed by atoms with Crippen LogP contribution in [0.5, 0.6) is 0 Å². The molecule has 1 amide bonds. The number of nitrogens with zero attached hydrogens (tertiary/aromatic N) is 3. The summed E-state index contributed by atoms with van der Waals surface area (Å²) in [6.45, 7) is 0. The van der Waals surface area contributed by atoms with Gasteiger partial charge in [-0.1, -0.05) is 12.1 Å². The molecule has 0 unspecified atom stereocenters. The van der Waals surface area contributed by atoms with E-state index in [1.165, 1.54) is 0 Å². The zero-order valence-electron chi connectivity index (χ0n) is 13.8. The number of nitrogens with one attached hydrogen (secondary N) is 1. The van der Waals surface area contributed by atoms with Crippen LogP contribution < -0.4 is 16.8 Å². The lowest BCUT2D eigenvalue weighted by Crippen LogP contribution is -2.10. The first-order valence-electron chi connectivity index (χ1n) is 7.97. The van der Waals surface area contributed by atoms with Gasteiger partial charge in [0.15, 0.2) is 11.5 Å². The molecule has 0 fully saturated rings. The summed E-state index contributed by atoms with van der Waals surface area (Å²) in [5.41, 5.74) is 15.5. The van der Waals surface area contributed by atoms with Crippen molar-refractivity contribution < 1.29 is 4.79 Å². The number of rotatable bonds is 4. The molecule has 2 aromatic carbocycles. The Hall–Kier alpha value is -3.87. The highest BCUT2D eigenvalue weighted by Crippen LogP contribution is 2.25. The van der Waals surface area contributed by atoms with E-state index in [0.717, 1.165) is 16.9 Å². The number of benzene rings is 2. The summed E-state index contributed by atoms with van der Waals surface area (Å²) in [5.74, 6) is 0.183. The molecule has 0 saturated heterocycles. The van der Waals surface area contributed by atoms with Crippen LogP contribution in [0.4, 0.5) is 17.2 Å². The Morgan fingerprint density at radius 3 is 2.42 bits per heavy atom. The van der Waals surface area contributed by atoms with Gasteiger partial charge in [0.2, 0.25) is 5.91 Å². The van der Waals surface area contributed by atoms with Crippen LogP contribution in [0.1, 0.15) is 10.4 Å². The molecule has 5 N–H and O–H groups in total. The molecule has 4 aromatic rings. The van der Waals surface area contributed by atoms with Crippen LogP contribution in [-0.4, -0.2) is 20.3 Å². The molecule has 128 valence electrons. The molecule has 2 aromatic heterocycles. The second-order valence-corrected chi connectivity index (χ2v) is 5.80. The summed E-state index contributed by atoms with van der Waals surface area (Å²) in [4.78, 5) is 20.2. The lowest BCUT2D eigenvalue weighted by atomic mass is 10.1. The molecule has 7 heteroatoms. The highest BCUT2D eigenvalue weighted by atomic mass is 16.1. The summed E-state index contributed by atoms with van der Waals surface area (Å²) in [6.07, 6.45) is 5.34. The Morgan fingerprint density at radius 1 is 1.00 bits per heavy atom. The topological polar surface area (TPSA) is 111 Å². The molecule has 0 atom stereocenters. The SMILES string of the molecule is NC(=O)c1ccc(-c2cnc(Nc3ccc(N)cc3)c3nccn23)cc1. The molecule has 0 radical (unpaired) electrons. The van der Waals surface area contributed by atoms with Gasteiger partial charge in [-0.3, -0.25) is 9.20 Å². The third-order valence-electron chi connectivity index (χ3n) is 4.07. The number of hydrogen-bond donors (Lipinski definition) is 3. The predicted octanol–water partition coefficient (Wildman–Crippen LogP) is 2.82. The standard InChI is InChI=1S/C19H16N6O/c20-14-5-7-15(8-6-14)24-18-19-22-9-10-25(19)16(11-23-18)12-1-3-13(4-2-12)17(21)26/h1-11H,20H2,(H2,21,26)(H,23,24). The normalized spacial score (nSPS) is 10.8. The zero-order chi connectivity index (χ0) is 18.1. The maximum absolute atomic E-state index is 11.2. The summed E-state index contributed by atoms with van der Waals surface area (Å²) >= 11 is 0. The van der Waals surface area contributed by atoms with Gasteiger partial charge in [0, 0.05) is 34.9 Å². The fraction of sp³-hybridized carbons (Fsp3) is 0. The van der Waals surface area contributed by atoms with Crippen molar-refractivity contribution in [3.8, 4) is 11.3 Å². The van der Waals surface area contributed by atoms with Gasteiger partial charge >= 0.3 is 0 Å². The Bertz CT molecular complexity index is 1080. The van der Waals surface area contributed by atoms with Crippen LogP contribution >= 0.6 is 0 Å². The molecule has 0 spiro atoms. The summed E-state index contributed by atoms with van der Waals surface area (Å²) < 4.78 is 1.94. The van der Waals surface area contributed by atoms with Gasteiger partial charge in [0.05, 0.1) is 11.9 Å². The van der Waals surface area contributed by atoms with Gasteiger partial charge in [0.1, 0.15) is 0 Å². The fourth-order valence-electron chi connectivity index (χ4n) is 2.73. The molecule has 0 saturated carbocycles. The highest BCUT2D eigenvalue weighted by molar-refractivity contribution is 5.93. The van der Waals surface area contributed by atoms with E-state index in [1.54, 1.807) is 24.5 Å². The first-order valence-corrected chi connectivity index (χ1v) is 7.97. The third-order valence-corrected chi connectivity index (χ3v) is 4.07. The van der Waals surface area contributed by atoms with Gasteiger partial charge < -0.3 is 16.8 Å². The van der Waals surface area contributed by atoms with Gasteiger partial charge in [-0.25, -0.2) is 9.97 Å². The molecule has 0 aliphatic carbocycles. The smallest absolute Gasteiger partial charge is 0.248 e. The molecule has 0 aliphatic rings. The fourth-order valence-corrected chi connectivity index (χ4v) is 2.73. The second kappa shape index (κ2) is 6.21. The van der Waals surface area contributed by atoms with Gasteiger partial charge in [-0.05, 0) is 36.4 Å². The van der Waals surface area contributed by atoms with E-state index in [9.17, 15) is 4.79 Å². The lowest BCUT2D eigenvalue weighted by Gasteiger charge is -2.11. The van der Waals surface area contributed by atoms with E-state index in [1.807, 2.05) is 47.0 Å². The van der Waals surface area contributed by atoms with E-state index in [0.29, 0.717) is 22.7 Å². The number of fused-ring (bicyclic) bond motifs is 1. The number of amides is 1. The van der Waals surface area contributed by atoms with E-state index >= 15 is 0 Å². The number of nitrogens with two attached hydrogens (primary N) is 2. The quantitative estimate of drug-likeness (QED) is 0.493. The predicted molar refractivity (Wildman–Crippen MR) is 101 cm³/mol. The van der Waals surface area contributed by atoms with Crippen LogP contribution in [0.25, 0.3) is 16.9 Å². The van der Waals surface area contributed by atoms with E-state index in [-0.39, 0.29) is 0 Å². The third kappa shape index (κ3) is 2.82. The number of carbonyl (C=O) groups excluding carboxylic acids is 1. The average molecular weight is 344 g/mol. The molecule has 4 rings (SSSR count). The van der Waals surface area contributed by atoms with Crippen LogP contribution in [0.3, 0.4) is 0 Å². The van der Waals surface area contributed by atoms with Crippen LogP contribution in [-0.2, 0) is 0 Å². The Balaban J connectivity index is 1.73. The highest BCUT2D eigenvalue weighted by Gasteiger charge is 2.11. The second-order valence-electron chi connectivity index (χ2n) is 5.80. The van der Waals surface area contributed by atoms with Crippen LogP contribution in [0.15, 0.2) is 67.1 Å². The summed E-state index contributed by atoms with van der Waals surface area (Å²) in [6, 6.07) is 14.5. The van der Waals surface area contributed by atoms with Crippen molar-refractivity contribution in [2.75, 3.05) is 11.1 Å². The number of carbonyl (C=O) groups is 1. The Morgan fingerprint density at radius 2 is 1.73 bits per heavy atom. The van der Waals surface area contributed by atoms with Crippen LogP contribution in [0.2, 0.25) is 0 Å².